The number of benzene rings is 1. The summed E-state index contributed by atoms with van der Waals surface area (Å²) >= 11 is 0. The van der Waals surface area contributed by atoms with Gasteiger partial charge in [0, 0.05) is 23.5 Å². The molecule has 0 radical (unpaired) electrons. The van der Waals surface area contributed by atoms with E-state index in [1.54, 1.807) is 12.1 Å². The minimum Gasteiger partial charge on any atom is -0.399 e. The summed E-state index contributed by atoms with van der Waals surface area (Å²) in [5, 5.41) is 3.05. The predicted molar refractivity (Wildman–Crippen MR) is 68.4 cm³/mol. The second kappa shape index (κ2) is 7.09. The summed E-state index contributed by atoms with van der Waals surface area (Å²) in [5.74, 6) is 0. The lowest BCUT2D eigenvalue weighted by atomic mass is 10.1. The van der Waals surface area contributed by atoms with Crippen molar-refractivity contribution in [1.29, 1.82) is 0 Å². The molecule has 0 heterocycles. The molecule has 96 valence electrons. The van der Waals surface area contributed by atoms with E-state index >= 15 is 0 Å². The topological polar surface area (TPSA) is 38.0 Å². The van der Waals surface area contributed by atoms with E-state index in [0.717, 1.165) is 19.4 Å². The quantitative estimate of drug-likeness (QED) is 0.555. The van der Waals surface area contributed by atoms with Gasteiger partial charge in [0.2, 0.25) is 0 Å². The Balaban J connectivity index is 2.52. The van der Waals surface area contributed by atoms with Crippen molar-refractivity contribution >= 4 is 11.4 Å². The second-order valence-corrected chi connectivity index (χ2v) is 4.13. The van der Waals surface area contributed by atoms with E-state index < -0.39 is 6.43 Å². The van der Waals surface area contributed by atoms with Crippen molar-refractivity contribution < 1.29 is 8.78 Å². The summed E-state index contributed by atoms with van der Waals surface area (Å²) in [5.41, 5.74) is 6.35. The van der Waals surface area contributed by atoms with Crippen LogP contribution < -0.4 is 11.1 Å². The molecule has 0 unspecified atom stereocenters. The van der Waals surface area contributed by atoms with Gasteiger partial charge in [0.05, 0.1) is 0 Å². The van der Waals surface area contributed by atoms with Gasteiger partial charge in [0.25, 0.3) is 6.43 Å². The highest BCUT2D eigenvalue weighted by molar-refractivity contribution is 5.58. The molecule has 0 aliphatic carbocycles. The van der Waals surface area contributed by atoms with Crippen molar-refractivity contribution in [3.05, 3.63) is 23.8 Å². The van der Waals surface area contributed by atoms with Crippen LogP contribution >= 0.6 is 0 Å². The number of rotatable bonds is 7. The van der Waals surface area contributed by atoms with Gasteiger partial charge >= 0.3 is 0 Å². The molecule has 0 aromatic heterocycles. The molecule has 0 fully saturated rings. The van der Waals surface area contributed by atoms with Gasteiger partial charge < -0.3 is 11.1 Å². The number of anilines is 2. The lowest BCUT2D eigenvalue weighted by Crippen LogP contribution is -2.05. The maximum Gasteiger partial charge on any atom is 0.265 e. The first-order valence-corrected chi connectivity index (χ1v) is 6.06. The summed E-state index contributed by atoms with van der Waals surface area (Å²) < 4.78 is 25.5. The first-order valence-electron chi connectivity index (χ1n) is 6.06. The molecule has 17 heavy (non-hydrogen) atoms. The Morgan fingerprint density at radius 1 is 1.24 bits per heavy atom. The molecule has 3 N–H and O–H groups in total. The third-order valence-corrected chi connectivity index (χ3v) is 2.66. The van der Waals surface area contributed by atoms with E-state index in [1.165, 1.54) is 18.9 Å². The van der Waals surface area contributed by atoms with Crippen LogP contribution in [0.4, 0.5) is 20.2 Å². The highest BCUT2D eigenvalue weighted by Gasteiger charge is 2.12. The molecule has 0 amide bonds. The Hall–Kier alpha value is -1.32. The second-order valence-electron chi connectivity index (χ2n) is 4.13. The van der Waals surface area contributed by atoms with Gasteiger partial charge in [-0.05, 0) is 24.6 Å². The maximum atomic E-state index is 12.7. The Labute approximate surface area is 101 Å². The van der Waals surface area contributed by atoms with Gasteiger partial charge in [-0.2, -0.15) is 0 Å². The van der Waals surface area contributed by atoms with E-state index in [-0.39, 0.29) is 5.56 Å². The molecule has 0 bridgehead atoms. The maximum absolute atomic E-state index is 12.7. The molecule has 4 heteroatoms. The van der Waals surface area contributed by atoms with Crippen LogP contribution in [0.1, 0.15) is 44.6 Å². The smallest absolute Gasteiger partial charge is 0.265 e. The zero-order chi connectivity index (χ0) is 12.7. The van der Waals surface area contributed by atoms with Gasteiger partial charge in [-0.25, -0.2) is 8.78 Å². The number of nitrogen functional groups attached to an aromatic ring is 1. The monoisotopic (exact) mass is 242 g/mol. The lowest BCUT2D eigenvalue weighted by molar-refractivity contribution is 0.152. The zero-order valence-corrected chi connectivity index (χ0v) is 10.2. The summed E-state index contributed by atoms with van der Waals surface area (Å²) in [4.78, 5) is 0. The van der Waals surface area contributed by atoms with Crippen LogP contribution in [0, 0.1) is 0 Å². The van der Waals surface area contributed by atoms with Crippen molar-refractivity contribution in [2.45, 2.75) is 39.0 Å². The summed E-state index contributed by atoms with van der Waals surface area (Å²) in [6.07, 6.45) is 2.00. The fourth-order valence-electron chi connectivity index (χ4n) is 1.70. The first kappa shape index (κ1) is 13.7. The molecule has 0 aliphatic heterocycles. The molecular formula is C13H20F2N2. The molecule has 1 aromatic carbocycles. The van der Waals surface area contributed by atoms with E-state index in [2.05, 4.69) is 12.2 Å². The number of nitrogens with one attached hydrogen (secondary N) is 1. The molecule has 0 atom stereocenters. The van der Waals surface area contributed by atoms with Crippen molar-refractivity contribution in [2.75, 3.05) is 17.6 Å². The van der Waals surface area contributed by atoms with Crippen LogP contribution in [0.25, 0.3) is 0 Å². The Bertz CT molecular complexity index is 340. The standard InChI is InChI=1S/C13H20F2N2/c1-2-3-4-5-8-17-12-7-6-10(16)9-11(12)13(14)15/h6-7,9,13,17H,2-5,8,16H2,1H3. The molecular weight excluding hydrogens is 222 g/mol. The number of unbranched alkanes of at least 4 members (excludes halogenated alkanes) is 3. The number of alkyl halides is 2. The number of halogens is 2. The van der Waals surface area contributed by atoms with Crippen LogP contribution in [0.5, 0.6) is 0 Å². The van der Waals surface area contributed by atoms with Crippen molar-refractivity contribution in [3.63, 3.8) is 0 Å². The predicted octanol–water partition coefficient (Wildman–Crippen LogP) is 4.20. The van der Waals surface area contributed by atoms with Crippen LogP contribution in [0.3, 0.4) is 0 Å². The van der Waals surface area contributed by atoms with E-state index in [0.29, 0.717) is 11.4 Å². The zero-order valence-electron chi connectivity index (χ0n) is 10.2. The summed E-state index contributed by atoms with van der Waals surface area (Å²) in [6, 6.07) is 4.59. The summed E-state index contributed by atoms with van der Waals surface area (Å²) in [7, 11) is 0. The molecule has 0 saturated heterocycles. The van der Waals surface area contributed by atoms with Crippen LogP contribution in [0.2, 0.25) is 0 Å². The van der Waals surface area contributed by atoms with Crippen molar-refractivity contribution in [1.82, 2.24) is 0 Å². The van der Waals surface area contributed by atoms with Gasteiger partial charge in [-0.1, -0.05) is 26.2 Å². The minimum absolute atomic E-state index is 0.0134. The van der Waals surface area contributed by atoms with E-state index in [9.17, 15) is 8.78 Å². The molecule has 1 aromatic rings. The minimum atomic E-state index is -2.49. The molecule has 2 nitrogen and oxygen atoms in total. The average molecular weight is 242 g/mol. The van der Waals surface area contributed by atoms with Gasteiger partial charge in [-0.3, -0.25) is 0 Å². The van der Waals surface area contributed by atoms with E-state index in [4.69, 9.17) is 5.73 Å². The summed E-state index contributed by atoms with van der Waals surface area (Å²) in [6.45, 7) is 2.87. The third kappa shape index (κ3) is 4.59. The van der Waals surface area contributed by atoms with Gasteiger partial charge in [0.1, 0.15) is 0 Å². The largest absolute Gasteiger partial charge is 0.399 e. The Morgan fingerprint density at radius 3 is 2.65 bits per heavy atom. The average Bonchev–Trinajstić information content (AvgIpc) is 2.30. The van der Waals surface area contributed by atoms with Crippen LogP contribution in [-0.4, -0.2) is 6.54 Å². The van der Waals surface area contributed by atoms with Gasteiger partial charge in [-0.15, -0.1) is 0 Å². The van der Waals surface area contributed by atoms with E-state index in [1.807, 2.05) is 0 Å². The van der Waals surface area contributed by atoms with Gasteiger partial charge in [0.15, 0.2) is 0 Å². The highest BCUT2D eigenvalue weighted by Crippen LogP contribution is 2.28. The normalized spacial score (nSPS) is 10.8. The highest BCUT2D eigenvalue weighted by atomic mass is 19.3. The third-order valence-electron chi connectivity index (χ3n) is 2.66. The van der Waals surface area contributed by atoms with Crippen LogP contribution in [-0.2, 0) is 0 Å². The molecule has 0 spiro atoms. The van der Waals surface area contributed by atoms with Crippen molar-refractivity contribution in [2.24, 2.45) is 0 Å². The number of nitrogens with two attached hydrogens (primary N) is 1. The molecule has 1 rings (SSSR count). The van der Waals surface area contributed by atoms with Crippen LogP contribution in [0.15, 0.2) is 18.2 Å². The number of hydrogen-bond donors (Lipinski definition) is 2. The molecule has 0 aliphatic rings. The van der Waals surface area contributed by atoms with Crippen molar-refractivity contribution in [3.8, 4) is 0 Å². The Kier molecular flexibility index (Phi) is 5.73. The fraction of sp³-hybridized carbons (Fsp3) is 0.538. The Morgan fingerprint density at radius 2 is 2.00 bits per heavy atom. The molecule has 0 saturated carbocycles. The SMILES string of the molecule is CCCCCCNc1ccc(N)cc1C(F)F. The lowest BCUT2D eigenvalue weighted by Gasteiger charge is -2.12. The first-order chi connectivity index (χ1) is 8.15. The number of hydrogen-bond acceptors (Lipinski definition) is 2. The fourth-order valence-corrected chi connectivity index (χ4v) is 1.70.